The molecule has 1 heterocycles. The van der Waals surface area contributed by atoms with Crippen molar-refractivity contribution in [2.45, 2.75) is 33.1 Å². The van der Waals surface area contributed by atoms with Crippen LogP contribution < -0.4 is 10.6 Å². The Kier molecular flexibility index (Phi) is 5.94. The first-order chi connectivity index (χ1) is 9.37. The minimum absolute atomic E-state index is 0.120. The maximum Gasteiger partial charge on any atom is 0.321 e. The second-order valence-corrected chi connectivity index (χ2v) is 5.45. The van der Waals surface area contributed by atoms with Gasteiger partial charge in [0.2, 0.25) is 5.91 Å². The Morgan fingerprint density at radius 2 is 1.85 bits per heavy atom. The van der Waals surface area contributed by atoms with E-state index >= 15 is 0 Å². The summed E-state index contributed by atoms with van der Waals surface area (Å²) in [6.45, 7) is 5.40. The Morgan fingerprint density at radius 1 is 1.25 bits per heavy atom. The van der Waals surface area contributed by atoms with E-state index in [1.165, 1.54) is 0 Å². The molecule has 0 aliphatic carbocycles. The number of hydrogen-bond donors (Lipinski definition) is 3. The van der Waals surface area contributed by atoms with Gasteiger partial charge in [-0.3, -0.25) is 19.8 Å². The van der Waals surface area contributed by atoms with Crippen LogP contribution in [0.5, 0.6) is 0 Å². The number of carbonyl (C=O) groups excluding carboxylic acids is 2. The van der Waals surface area contributed by atoms with Crippen molar-refractivity contribution in [3.05, 3.63) is 0 Å². The summed E-state index contributed by atoms with van der Waals surface area (Å²) in [5.41, 5.74) is -0.703. The third-order valence-corrected chi connectivity index (χ3v) is 3.63. The van der Waals surface area contributed by atoms with Gasteiger partial charge >= 0.3 is 12.0 Å². The molecule has 0 spiro atoms. The molecule has 1 rings (SSSR count). The fourth-order valence-corrected chi connectivity index (χ4v) is 2.07. The number of carbonyl (C=O) groups is 3. The number of likely N-dealkylation sites (tertiary alicyclic amines) is 1. The van der Waals surface area contributed by atoms with Crippen molar-refractivity contribution < 1.29 is 19.5 Å². The quantitative estimate of drug-likeness (QED) is 0.679. The Labute approximate surface area is 118 Å². The minimum atomic E-state index is -0.791. The van der Waals surface area contributed by atoms with Crippen molar-refractivity contribution in [3.8, 4) is 0 Å². The molecule has 0 aromatic rings. The number of aliphatic carboxylic acids is 1. The maximum absolute atomic E-state index is 11.7. The van der Waals surface area contributed by atoms with Crippen LogP contribution in [0.25, 0.3) is 0 Å². The highest BCUT2D eigenvalue weighted by atomic mass is 16.4. The first-order valence-corrected chi connectivity index (χ1v) is 6.91. The smallest absolute Gasteiger partial charge is 0.321 e. The Bertz CT molecular complexity index is 376. The standard InChI is InChI=1S/C13H23N3O4/c1-3-6-14-12(20)15-10(17)9-16-7-4-13(2,5-8-16)11(18)19/h3-9H2,1-2H3,(H,18,19)(H2,14,15,17,20). The first kappa shape index (κ1) is 16.4. The SMILES string of the molecule is CCCNC(=O)NC(=O)CN1CCC(C)(C(=O)O)CC1. The van der Waals surface area contributed by atoms with Gasteiger partial charge < -0.3 is 10.4 Å². The van der Waals surface area contributed by atoms with E-state index in [0.717, 1.165) is 6.42 Å². The molecule has 0 saturated carbocycles. The average Bonchev–Trinajstić information content (AvgIpc) is 2.39. The lowest BCUT2D eigenvalue weighted by atomic mass is 9.80. The third-order valence-electron chi connectivity index (χ3n) is 3.63. The predicted molar refractivity (Wildman–Crippen MR) is 73.2 cm³/mol. The van der Waals surface area contributed by atoms with Gasteiger partial charge in [-0.25, -0.2) is 4.79 Å². The molecule has 0 atom stereocenters. The normalized spacial score (nSPS) is 18.3. The van der Waals surface area contributed by atoms with Crippen LogP contribution >= 0.6 is 0 Å². The molecule has 20 heavy (non-hydrogen) atoms. The molecule has 0 bridgehead atoms. The van der Waals surface area contributed by atoms with Gasteiger partial charge in [-0.15, -0.1) is 0 Å². The van der Waals surface area contributed by atoms with Gasteiger partial charge in [0.15, 0.2) is 0 Å². The predicted octanol–water partition coefficient (Wildman–Crippen LogP) is 0.409. The molecule has 1 aliphatic rings. The Morgan fingerprint density at radius 3 is 2.35 bits per heavy atom. The van der Waals surface area contributed by atoms with E-state index < -0.39 is 17.4 Å². The Hall–Kier alpha value is -1.63. The van der Waals surface area contributed by atoms with Gasteiger partial charge in [0.25, 0.3) is 0 Å². The summed E-state index contributed by atoms with van der Waals surface area (Å²) in [6.07, 6.45) is 1.83. The second kappa shape index (κ2) is 7.23. The molecule has 0 radical (unpaired) electrons. The highest BCUT2D eigenvalue weighted by molar-refractivity contribution is 5.95. The van der Waals surface area contributed by atoms with Gasteiger partial charge in [-0.05, 0) is 39.3 Å². The summed E-state index contributed by atoms with van der Waals surface area (Å²) in [7, 11) is 0. The van der Waals surface area contributed by atoms with E-state index in [1.807, 2.05) is 11.8 Å². The number of urea groups is 1. The number of nitrogens with one attached hydrogen (secondary N) is 2. The maximum atomic E-state index is 11.7. The zero-order valence-electron chi connectivity index (χ0n) is 12.1. The summed E-state index contributed by atoms with van der Waals surface area (Å²) < 4.78 is 0. The average molecular weight is 285 g/mol. The molecule has 114 valence electrons. The third kappa shape index (κ3) is 4.80. The summed E-state index contributed by atoms with van der Waals surface area (Å²) in [5, 5.41) is 13.9. The lowest BCUT2D eigenvalue weighted by Gasteiger charge is -2.35. The van der Waals surface area contributed by atoms with E-state index in [1.54, 1.807) is 6.92 Å². The van der Waals surface area contributed by atoms with Gasteiger partial charge in [-0.1, -0.05) is 6.92 Å². The molecule has 1 fully saturated rings. The number of piperidine rings is 1. The number of rotatable bonds is 5. The fraction of sp³-hybridized carbons (Fsp3) is 0.769. The zero-order chi connectivity index (χ0) is 15.2. The summed E-state index contributed by atoms with van der Waals surface area (Å²) in [5.74, 6) is -1.15. The van der Waals surface area contributed by atoms with Gasteiger partial charge in [-0.2, -0.15) is 0 Å². The van der Waals surface area contributed by atoms with Crippen molar-refractivity contribution in [1.82, 2.24) is 15.5 Å². The number of imide groups is 1. The van der Waals surface area contributed by atoms with Crippen LogP contribution in [0.3, 0.4) is 0 Å². The van der Waals surface area contributed by atoms with Gasteiger partial charge in [0.05, 0.1) is 12.0 Å². The number of carboxylic acids is 1. The van der Waals surface area contributed by atoms with E-state index in [2.05, 4.69) is 10.6 Å². The molecular weight excluding hydrogens is 262 g/mol. The molecule has 1 aliphatic heterocycles. The van der Waals surface area contributed by atoms with Crippen LogP contribution in [0.1, 0.15) is 33.1 Å². The molecule has 7 heteroatoms. The van der Waals surface area contributed by atoms with Crippen LogP contribution in [0.2, 0.25) is 0 Å². The second-order valence-electron chi connectivity index (χ2n) is 5.45. The summed E-state index contributed by atoms with van der Waals surface area (Å²) in [4.78, 5) is 35.9. The van der Waals surface area contributed by atoms with E-state index in [9.17, 15) is 14.4 Å². The number of hydrogen-bond acceptors (Lipinski definition) is 4. The summed E-state index contributed by atoms with van der Waals surface area (Å²) >= 11 is 0. The monoisotopic (exact) mass is 285 g/mol. The highest BCUT2D eigenvalue weighted by Gasteiger charge is 2.37. The molecule has 0 unspecified atom stereocenters. The molecular formula is C13H23N3O4. The number of nitrogens with zero attached hydrogens (tertiary/aromatic N) is 1. The highest BCUT2D eigenvalue weighted by Crippen LogP contribution is 2.30. The Balaban J connectivity index is 2.31. The van der Waals surface area contributed by atoms with Gasteiger partial charge in [0.1, 0.15) is 0 Å². The number of amides is 3. The lowest BCUT2D eigenvalue weighted by Crippen LogP contribution is -2.48. The van der Waals surface area contributed by atoms with Crippen LogP contribution in [0.15, 0.2) is 0 Å². The molecule has 1 saturated heterocycles. The van der Waals surface area contributed by atoms with Gasteiger partial charge in [0, 0.05) is 6.54 Å². The van der Waals surface area contributed by atoms with Crippen LogP contribution in [-0.2, 0) is 9.59 Å². The van der Waals surface area contributed by atoms with E-state index in [-0.39, 0.29) is 12.5 Å². The lowest BCUT2D eigenvalue weighted by molar-refractivity contribution is -0.150. The van der Waals surface area contributed by atoms with Crippen molar-refractivity contribution in [3.63, 3.8) is 0 Å². The van der Waals surface area contributed by atoms with Crippen molar-refractivity contribution in [2.75, 3.05) is 26.2 Å². The van der Waals surface area contributed by atoms with Crippen LogP contribution in [0.4, 0.5) is 4.79 Å². The first-order valence-electron chi connectivity index (χ1n) is 6.91. The zero-order valence-corrected chi connectivity index (χ0v) is 12.1. The van der Waals surface area contributed by atoms with Crippen LogP contribution in [-0.4, -0.2) is 54.1 Å². The fourth-order valence-electron chi connectivity index (χ4n) is 2.07. The number of carboxylic acid groups (broad SMARTS) is 1. The van der Waals surface area contributed by atoms with Crippen molar-refractivity contribution in [1.29, 1.82) is 0 Å². The topological polar surface area (TPSA) is 98.7 Å². The molecule has 3 N–H and O–H groups in total. The summed E-state index contributed by atoms with van der Waals surface area (Å²) in [6, 6.07) is -0.482. The van der Waals surface area contributed by atoms with Crippen LogP contribution in [0, 0.1) is 5.41 Å². The molecule has 0 aromatic carbocycles. The van der Waals surface area contributed by atoms with Crippen molar-refractivity contribution in [2.24, 2.45) is 5.41 Å². The molecule has 3 amide bonds. The molecule has 0 aromatic heterocycles. The van der Waals surface area contributed by atoms with E-state index in [4.69, 9.17) is 5.11 Å². The largest absolute Gasteiger partial charge is 0.481 e. The van der Waals surface area contributed by atoms with E-state index in [0.29, 0.717) is 32.5 Å². The molecule has 7 nitrogen and oxygen atoms in total. The minimum Gasteiger partial charge on any atom is -0.481 e. The van der Waals surface area contributed by atoms with Crippen molar-refractivity contribution >= 4 is 17.9 Å².